The van der Waals surface area contributed by atoms with E-state index in [9.17, 15) is 13.2 Å². The molecule has 1 aromatic heterocycles. The smallest absolute Gasteiger partial charge is 0.408 e. The Kier molecular flexibility index (Phi) is 3.03. The Morgan fingerprint density at radius 1 is 1.18 bits per heavy atom. The lowest BCUT2D eigenvalue weighted by Gasteiger charge is -2.08. The molecule has 0 spiro atoms. The van der Waals surface area contributed by atoms with Crippen molar-refractivity contribution in [2.24, 2.45) is 0 Å². The molecular formula is C11H9F3N2O. The van der Waals surface area contributed by atoms with Gasteiger partial charge in [-0.3, -0.25) is 0 Å². The van der Waals surface area contributed by atoms with Crippen molar-refractivity contribution in [1.82, 2.24) is 9.71 Å². The van der Waals surface area contributed by atoms with Crippen LogP contribution in [0.3, 0.4) is 0 Å². The fourth-order valence-corrected chi connectivity index (χ4v) is 1.26. The molecule has 3 nitrogen and oxygen atoms in total. The maximum absolute atomic E-state index is 12.3. The minimum atomic E-state index is -4.30. The molecule has 1 heterocycles. The van der Waals surface area contributed by atoms with Crippen molar-refractivity contribution in [3.8, 4) is 0 Å². The molecule has 2 rings (SSSR count). The lowest BCUT2D eigenvalue weighted by molar-refractivity contribution is -0.137. The number of rotatable bonds is 3. The summed E-state index contributed by atoms with van der Waals surface area (Å²) in [7, 11) is 0. The Labute approximate surface area is 95.4 Å². The van der Waals surface area contributed by atoms with Gasteiger partial charge in [-0.2, -0.15) is 17.9 Å². The van der Waals surface area contributed by atoms with Crippen LogP contribution < -0.4 is 4.84 Å². The van der Waals surface area contributed by atoms with Gasteiger partial charge in [-0.15, -0.1) is 0 Å². The Morgan fingerprint density at radius 2 is 1.88 bits per heavy atom. The minimum absolute atomic E-state index is 0.189. The molecule has 17 heavy (non-hydrogen) atoms. The average molecular weight is 242 g/mol. The molecule has 0 fully saturated rings. The van der Waals surface area contributed by atoms with Gasteiger partial charge in [0.2, 0.25) is 0 Å². The van der Waals surface area contributed by atoms with Gasteiger partial charge in [0.25, 0.3) is 0 Å². The van der Waals surface area contributed by atoms with E-state index in [4.69, 9.17) is 4.84 Å². The van der Waals surface area contributed by atoms with Gasteiger partial charge in [-0.1, -0.05) is 12.1 Å². The molecule has 0 amide bonds. The number of hydrogen-bond donors (Lipinski definition) is 0. The summed E-state index contributed by atoms with van der Waals surface area (Å²) < 4.78 is 38.2. The van der Waals surface area contributed by atoms with Crippen LogP contribution in [0.25, 0.3) is 0 Å². The quantitative estimate of drug-likeness (QED) is 0.827. The van der Waals surface area contributed by atoms with Gasteiger partial charge in [0.15, 0.2) is 0 Å². The number of imidazole rings is 1. The molecule has 0 bridgehead atoms. The highest BCUT2D eigenvalue weighted by Crippen LogP contribution is 2.29. The normalized spacial score (nSPS) is 11.5. The highest BCUT2D eigenvalue weighted by molar-refractivity contribution is 5.24. The van der Waals surface area contributed by atoms with Crippen molar-refractivity contribution in [3.63, 3.8) is 0 Å². The van der Waals surface area contributed by atoms with Crippen LogP contribution in [0, 0.1) is 0 Å². The third-order valence-electron chi connectivity index (χ3n) is 2.14. The number of hydrogen-bond acceptors (Lipinski definition) is 2. The highest BCUT2D eigenvalue weighted by Gasteiger charge is 2.29. The molecular weight excluding hydrogens is 233 g/mol. The molecule has 0 atom stereocenters. The molecule has 0 aliphatic rings. The van der Waals surface area contributed by atoms with E-state index >= 15 is 0 Å². The Balaban J connectivity index is 1.99. The monoisotopic (exact) mass is 242 g/mol. The van der Waals surface area contributed by atoms with Crippen LogP contribution in [0.15, 0.2) is 43.0 Å². The number of alkyl halides is 3. The minimum Gasteiger partial charge on any atom is -0.408 e. The fourth-order valence-electron chi connectivity index (χ4n) is 1.26. The molecule has 2 aromatic rings. The molecule has 0 aliphatic heterocycles. The largest absolute Gasteiger partial charge is 0.416 e. The van der Waals surface area contributed by atoms with E-state index in [-0.39, 0.29) is 6.61 Å². The molecule has 6 heteroatoms. The molecule has 0 saturated heterocycles. The van der Waals surface area contributed by atoms with Crippen LogP contribution in [0.4, 0.5) is 13.2 Å². The third kappa shape index (κ3) is 2.99. The highest BCUT2D eigenvalue weighted by atomic mass is 19.4. The van der Waals surface area contributed by atoms with E-state index in [0.29, 0.717) is 5.56 Å². The summed E-state index contributed by atoms with van der Waals surface area (Å²) in [5.41, 5.74) is -0.00409. The zero-order valence-electron chi connectivity index (χ0n) is 8.69. The Hall–Kier alpha value is -1.98. The van der Waals surface area contributed by atoms with Gasteiger partial charge in [0.1, 0.15) is 12.9 Å². The summed E-state index contributed by atoms with van der Waals surface area (Å²) in [4.78, 5) is 9.00. The summed E-state index contributed by atoms with van der Waals surface area (Å²) in [5, 5.41) is 0. The van der Waals surface area contributed by atoms with Gasteiger partial charge in [0, 0.05) is 6.20 Å². The van der Waals surface area contributed by atoms with E-state index < -0.39 is 11.7 Å². The van der Waals surface area contributed by atoms with Gasteiger partial charge in [-0.25, -0.2) is 4.98 Å². The van der Waals surface area contributed by atoms with E-state index in [1.807, 2.05) is 0 Å². The average Bonchev–Trinajstić information content (AvgIpc) is 2.78. The lowest BCUT2D eigenvalue weighted by atomic mass is 10.1. The van der Waals surface area contributed by atoms with Crippen LogP contribution in [0.5, 0.6) is 0 Å². The third-order valence-corrected chi connectivity index (χ3v) is 2.14. The van der Waals surface area contributed by atoms with E-state index in [1.165, 1.54) is 23.2 Å². The van der Waals surface area contributed by atoms with Crippen LogP contribution in [0.1, 0.15) is 11.1 Å². The van der Waals surface area contributed by atoms with Crippen LogP contribution >= 0.6 is 0 Å². The predicted molar refractivity (Wildman–Crippen MR) is 54.0 cm³/mol. The molecule has 1 aromatic carbocycles. The molecule has 90 valence electrons. The first-order valence-electron chi connectivity index (χ1n) is 4.83. The van der Waals surface area contributed by atoms with Gasteiger partial charge in [-0.05, 0) is 17.7 Å². The Morgan fingerprint density at radius 3 is 2.41 bits per heavy atom. The summed E-state index contributed by atoms with van der Waals surface area (Å²) in [6.45, 7) is 0.189. The van der Waals surface area contributed by atoms with E-state index in [1.54, 1.807) is 12.4 Å². The standard InChI is InChI=1S/C11H9F3N2O/c12-11(13,14)10-3-1-9(2-4-10)7-17-16-6-5-15-8-16/h1-6,8H,7H2. The van der Waals surface area contributed by atoms with Crippen molar-refractivity contribution in [2.45, 2.75) is 12.8 Å². The first-order chi connectivity index (χ1) is 8.05. The van der Waals surface area contributed by atoms with Gasteiger partial charge < -0.3 is 4.84 Å². The van der Waals surface area contributed by atoms with Crippen molar-refractivity contribution < 1.29 is 18.0 Å². The van der Waals surface area contributed by atoms with Crippen molar-refractivity contribution >= 4 is 0 Å². The second kappa shape index (κ2) is 4.48. The zero-order chi connectivity index (χ0) is 12.3. The number of aromatic nitrogens is 2. The van der Waals surface area contributed by atoms with Crippen LogP contribution in [-0.4, -0.2) is 9.71 Å². The van der Waals surface area contributed by atoms with Crippen LogP contribution in [-0.2, 0) is 12.8 Å². The molecule has 0 saturated carbocycles. The summed E-state index contributed by atoms with van der Waals surface area (Å²) in [6.07, 6.45) is 0.310. The van der Waals surface area contributed by atoms with Gasteiger partial charge >= 0.3 is 6.18 Å². The number of benzene rings is 1. The van der Waals surface area contributed by atoms with E-state index in [0.717, 1.165) is 12.1 Å². The SMILES string of the molecule is FC(F)(F)c1ccc(COn2ccnc2)cc1. The van der Waals surface area contributed by atoms with Crippen molar-refractivity contribution in [2.75, 3.05) is 0 Å². The molecule has 0 aliphatic carbocycles. The zero-order valence-corrected chi connectivity index (χ0v) is 8.69. The lowest BCUT2D eigenvalue weighted by Crippen LogP contribution is -2.09. The summed E-state index contributed by atoms with van der Waals surface area (Å²) in [6, 6.07) is 4.85. The van der Waals surface area contributed by atoms with Crippen LogP contribution in [0.2, 0.25) is 0 Å². The number of halogens is 3. The summed E-state index contributed by atoms with van der Waals surface area (Å²) in [5.74, 6) is 0. The summed E-state index contributed by atoms with van der Waals surface area (Å²) >= 11 is 0. The molecule has 0 unspecified atom stereocenters. The van der Waals surface area contributed by atoms with Gasteiger partial charge in [0.05, 0.1) is 11.8 Å². The maximum atomic E-state index is 12.3. The predicted octanol–water partition coefficient (Wildman–Crippen LogP) is 2.53. The molecule has 0 radical (unpaired) electrons. The first-order valence-corrected chi connectivity index (χ1v) is 4.83. The van der Waals surface area contributed by atoms with E-state index in [2.05, 4.69) is 4.98 Å². The topological polar surface area (TPSA) is 27.1 Å². The fraction of sp³-hybridized carbons (Fsp3) is 0.182. The first kappa shape index (κ1) is 11.5. The van der Waals surface area contributed by atoms with Crippen molar-refractivity contribution in [1.29, 1.82) is 0 Å². The second-order valence-electron chi connectivity index (χ2n) is 3.39. The number of nitrogens with zero attached hydrogens (tertiary/aromatic N) is 2. The Bertz CT molecular complexity index is 462. The van der Waals surface area contributed by atoms with Crippen molar-refractivity contribution in [3.05, 3.63) is 54.1 Å². The second-order valence-corrected chi connectivity index (χ2v) is 3.39. The molecule has 0 N–H and O–H groups in total. The maximum Gasteiger partial charge on any atom is 0.416 e.